The monoisotopic (exact) mass is 329 g/mol. The summed E-state index contributed by atoms with van der Waals surface area (Å²) in [7, 11) is 0. The van der Waals surface area contributed by atoms with E-state index in [0.717, 1.165) is 38.9 Å². The number of hydrogen-bond donors (Lipinski definition) is 0. The van der Waals surface area contributed by atoms with E-state index in [-0.39, 0.29) is 0 Å². The molecule has 0 spiro atoms. The van der Waals surface area contributed by atoms with Crippen LogP contribution in [0.25, 0.3) is 33.4 Å². The van der Waals surface area contributed by atoms with Crippen LogP contribution in [0.2, 0.25) is 0 Å². The normalized spacial score (nSPS) is 10.3. The van der Waals surface area contributed by atoms with Gasteiger partial charge in [-0.2, -0.15) is 0 Å². The van der Waals surface area contributed by atoms with Crippen molar-refractivity contribution in [2.75, 3.05) is 0 Å². The van der Waals surface area contributed by atoms with E-state index in [2.05, 4.69) is 54.5 Å². The van der Waals surface area contributed by atoms with Gasteiger partial charge in [0.2, 0.25) is 0 Å². The molecule has 0 aliphatic rings. The fraction of sp³-hybridized carbons (Fsp3) is 0. The highest BCUT2D eigenvalue weighted by molar-refractivity contribution is 5.90. The van der Waals surface area contributed by atoms with Gasteiger partial charge < -0.3 is 0 Å². The topological polar surface area (TPSA) is 0 Å². The maximum absolute atomic E-state index is 5.92. The summed E-state index contributed by atoms with van der Waals surface area (Å²) in [6.07, 6.45) is 5.92. The van der Waals surface area contributed by atoms with Gasteiger partial charge in [0.1, 0.15) is 0 Å². The molecular formula is C26H17. The first-order chi connectivity index (χ1) is 12.9. The molecule has 0 fully saturated rings. The predicted molar refractivity (Wildman–Crippen MR) is 110 cm³/mol. The van der Waals surface area contributed by atoms with Crippen LogP contribution in [0.5, 0.6) is 0 Å². The highest BCUT2D eigenvalue weighted by atomic mass is 14.2. The van der Waals surface area contributed by atoms with Crippen molar-refractivity contribution in [1.82, 2.24) is 0 Å². The Hall–Kier alpha value is -3.56. The van der Waals surface area contributed by atoms with E-state index in [1.807, 2.05) is 54.6 Å². The average molecular weight is 329 g/mol. The van der Waals surface area contributed by atoms with Gasteiger partial charge in [-0.1, -0.05) is 96.9 Å². The zero-order valence-electron chi connectivity index (χ0n) is 14.3. The molecule has 0 heterocycles. The maximum atomic E-state index is 5.92. The summed E-state index contributed by atoms with van der Waals surface area (Å²) in [5, 5.41) is 0. The Bertz CT molecular complexity index is 1050. The van der Waals surface area contributed by atoms with Gasteiger partial charge in [0, 0.05) is 11.1 Å². The van der Waals surface area contributed by atoms with Crippen LogP contribution < -0.4 is 0 Å². The second-order valence-electron chi connectivity index (χ2n) is 6.09. The van der Waals surface area contributed by atoms with Gasteiger partial charge >= 0.3 is 0 Å². The standard InChI is InChI=1S/C26H17/c1-2-20-18-24(21-12-6-3-7-13-21)19-25(22-14-8-4-9-15-22)26(20)23-16-10-5-11-17-23/h1,3-18H. The molecule has 0 atom stereocenters. The van der Waals surface area contributed by atoms with E-state index >= 15 is 0 Å². The molecule has 0 aliphatic heterocycles. The lowest BCUT2D eigenvalue weighted by atomic mass is 9.87. The molecule has 0 amide bonds. The Kier molecular flexibility index (Phi) is 4.37. The molecule has 0 unspecified atom stereocenters. The third-order valence-corrected chi connectivity index (χ3v) is 4.43. The minimum absolute atomic E-state index is 0.882. The number of rotatable bonds is 3. The maximum Gasteiger partial charge on any atom is 0.0333 e. The Morgan fingerprint density at radius 1 is 0.615 bits per heavy atom. The highest BCUT2D eigenvalue weighted by Gasteiger charge is 2.14. The molecule has 0 saturated carbocycles. The largest absolute Gasteiger partial charge is 0.115 e. The molecule has 4 aromatic carbocycles. The summed E-state index contributed by atoms with van der Waals surface area (Å²) in [6, 6.07) is 36.5. The lowest BCUT2D eigenvalue weighted by Gasteiger charge is -2.15. The van der Waals surface area contributed by atoms with Crippen molar-refractivity contribution in [1.29, 1.82) is 0 Å². The van der Waals surface area contributed by atoms with Gasteiger partial charge in [0.15, 0.2) is 0 Å². The molecule has 0 bridgehead atoms. The van der Waals surface area contributed by atoms with Crippen molar-refractivity contribution in [2.45, 2.75) is 0 Å². The van der Waals surface area contributed by atoms with E-state index in [4.69, 9.17) is 6.42 Å². The van der Waals surface area contributed by atoms with E-state index < -0.39 is 0 Å². The van der Waals surface area contributed by atoms with Crippen molar-refractivity contribution in [3.8, 4) is 45.7 Å². The summed E-state index contributed by atoms with van der Waals surface area (Å²) >= 11 is 0. The van der Waals surface area contributed by atoms with Crippen LogP contribution in [0, 0.1) is 18.4 Å². The first kappa shape index (κ1) is 15.9. The summed E-state index contributed by atoms with van der Waals surface area (Å²) in [6.45, 7) is 0. The molecule has 0 aliphatic carbocycles. The Labute approximate surface area is 154 Å². The molecular weight excluding hydrogens is 312 g/mol. The van der Waals surface area contributed by atoms with Crippen LogP contribution >= 0.6 is 0 Å². The van der Waals surface area contributed by atoms with Crippen molar-refractivity contribution in [3.05, 3.63) is 109 Å². The van der Waals surface area contributed by atoms with Crippen molar-refractivity contribution in [3.63, 3.8) is 0 Å². The van der Waals surface area contributed by atoms with Gasteiger partial charge in [-0.05, 0) is 39.9 Å². The lowest BCUT2D eigenvalue weighted by molar-refractivity contribution is 1.53. The summed E-state index contributed by atoms with van der Waals surface area (Å²) in [5.41, 5.74) is 7.31. The summed E-state index contributed by atoms with van der Waals surface area (Å²) < 4.78 is 0. The van der Waals surface area contributed by atoms with Crippen LogP contribution in [0.1, 0.15) is 5.56 Å². The van der Waals surface area contributed by atoms with Gasteiger partial charge in [-0.15, -0.1) is 6.42 Å². The zero-order chi connectivity index (χ0) is 17.8. The summed E-state index contributed by atoms with van der Waals surface area (Å²) in [4.78, 5) is 0. The molecule has 1 radical (unpaired) electrons. The van der Waals surface area contributed by atoms with Crippen molar-refractivity contribution < 1.29 is 0 Å². The van der Waals surface area contributed by atoms with Crippen LogP contribution in [0.15, 0.2) is 97.1 Å². The average Bonchev–Trinajstić information content (AvgIpc) is 2.74. The second kappa shape index (κ2) is 7.13. The third-order valence-electron chi connectivity index (χ3n) is 4.43. The zero-order valence-corrected chi connectivity index (χ0v) is 14.3. The second-order valence-corrected chi connectivity index (χ2v) is 6.09. The van der Waals surface area contributed by atoms with Crippen LogP contribution in [-0.4, -0.2) is 0 Å². The molecule has 121 valence electrons. The molecule has 0 aromatic heterocycles. The Morgan fingerprint density at radius 2 is 1.12 bits per heavy atom. The Balaban J connectivity index is 2.04. The molecule has 4 aromatic rings. The Morgan fingerprint density at radius 3 is 1.65 bits per heavy atom. The SMILES string of the molecule is C#Cc1cc(-c2ccccc2)[c]c(-c2ccccc2)c1-c1ccccc1. The van der Waals surface area contributed by atoms with Crippen molar-refractivity contribution >= 4 is 0 Å². The minimum Gasteiger partial charge on any atom is -0.115 e. The van der Waals surface area contributed by atoms with Gasteiger partial charge in [0.05, 0.1) is 0 Å². The van der Waals surface area contributed by atoms with Gasteiger partial charge in [-0.25, -0.2) is 0 Å². The smallest absolute Gasteiger partial charge is 0.0333 e. The quantitative estimate of drug-likeness (QED) is 0.378. The minimum atomic E-state index is 0.882. The third kappa shape index (κ3) is 3.04. The van der Waals surface area contributed by atoms with E-state index in [1.165, 1.54) is 0 Å². The fourth-order valence-electron chi connectivity index (χ4n) is 3.20. The fourth-order valence-corrected chi connectivity index (χ4v) is 3.20. The molecule has 0 heteroatoms. The highest BCUT2D eigenvalue weighted by Crippen LogP contribution is 2.37. The van der Waals surface area contributed by atoms with Gasteiger partial charge in [0.25, 0.3) is 0 Å². The molecule has 0 nitrogen and oxygen atoms in total. The van der Waals surface area contributed by atoms with Gasteiger partial charge in [-0.3, -0.25) is 0 Å². The molecule has 26 heavy (non-hydrogen) atoms. The van der Waals surface area contributed by atoms with E-state index in [9.17, 15) is 0 Å². The molecule has 4 rings (SSSR count). The molecule has 0 N–H and O–H groups in total. The summed E-state index contributed by atoms with van der Waals surface area (Å²) in [5.74, 6) is 2.89. The molecule has 0 saturated heterocycles. The number of hydrogen-bond acceptors (Lipinski definition) is 0. The van der Waals surface area contributed by atoms with Crippen LogP contribution in [-0.2, 0) is 0 Å². The van der Waals surface area contributed by atoms with E-state index in [1.54, 1.807) is 0 Å². The first-order valence-corrected chi connectivity index (χ1v) is 8.60. The van der Waals surface area contributed by atoms with Crippen LogP contribution in [0.3, 0.4) is 0 Å². The number of benzene rings is 4. The first-order valence-electron chi connectivity index (χ1n) is 8.60. The predicted octanol–water partition coefficient (Wildman–Crippen LogP) is 6.47. The van der Waals surface area contributed by atoms with E-state index in [0.29, 0.717) is 0 Å². The van der Waals surface area contributed by atoms with Crippen molar-refractivity contribution in [2.24, 2.45) is 0 Å². The lowest BCUT2D eigenvalue weighted by Crippen LogP contribution is -1.93. The number of terminal acetylenes is 1. The van der Waals surface area contributed by atoms with Crippen LogP contribution in [0.4, 0.5) is 0 Å².